The summed E-state index contributed by atoms with van der Waals surface area (Å²) in [4.78, 5) is 16.2. The van der Waals surface area contributed by atoms with Crippen LogP contribution < -0.4 is 0 Å². The molecular weight excluding hydrogens is 216 g/mol. The van der Waals surface area contributed by atoms with Crippen LogP contribution in [0.4, 0.5) is 0 Å². The monoisotopic (exact) mass is 240 g/mol. The van der Waals surface area contributed by atoms with Crippen molar-refractivity contribution >= 4 is 5.91 Å². The molecule has 0 bridgehead atoms. The van der Waals surface area contributed by atoms with Crippen LogP contribution in [0.5, 0.6) is 0 Å². The molecule has 0 unspecified atom stereocenters. The Balaban J connectivity index is 1.62. The summed E-state index contributed by atoms with van der Waals surface area (Å²) >= 11 is 0. The highest BCUT2D eigenvalue weighted by molar-refractivity contribution is 5.77. The van der Waals surface area contributed by atoms with E-state index in [0.717, 1.165) is 38.7 Å². The molecule has 1 aliphatic heterocycles. The lowest BCUT2D eigenvalue weighted by Crippen LogP contribution is -2.51. The van der Waals surface area contributed by atoms with Crippen LogP contribution >= 0.6 is 0 Å². The lowest BCUT2D eigenvalue weighted by Gasteiger charge is -2.36. The third kappa shape index (κ3) is 3.96. The van der Waals surface area contributed by atoms with Crippen LogP contribution in [0.15, 0.2) is 0 Å². The minimum atomic E-state index is 0.161. The Morgan fingerprint density at radius 2 is 1.88 bits per heavy atom. The number of nitrogens with zero attached hydrogens (tertiary/aromatic N) is 2. The van der Waals surface area contributed by atoms with Gasteiger partial charge in [0.1, 0.15) is 6.61 Å². The number of carbonyl (C=O) groups excluding carboxylic acids is 1. The van der Waals surface area contributed by atoms with Crippen molar-refractivity contribution in [1.82, 2.24) is 9.80 Å². The smallest absolute Gasteiger partial charge is 0.248 e. The van der Waals surface area contributed by atoms with Gasteiger partial charge in [0.2, 0.25) is 5.91 Å². The van der Waals surface area contributed by atoms with Crippen LogP contribution in [0.2, 0.25) is 0 Å². The molecule has 2 fully saturated rings. The van der Waals surface area contributed by atoms with Crippen molar-refractivity contribution in [3.8, 4) is 0 Å². The summed E-state index contributed by atoms with van der Waals surface area (Å²) in [5.41, 5.74) is 0. The standard InChI is InChI=1S/C13H24N2O2/c1-11(2)14-5-7-15(8-6-14)13(16)10-17-9-12-3-4-12/h11-12H,3-10H2,1-2H3. The predicted octanol–water partition coefficient (Wildman–Crippen LogP) is 0.966. The first-order valence-corrected chi connectivity index (χ1v) is 6.76. The van der Waals surface area contributed by atoms with E-state index in [2.05, 4.69) is 18.7 Å². The fraction of sp³-hybridized carbons (Fsp3) is 0.923. The molecule has 1 amide bonds. The number of hydrogen-bond acceptors (Lipinski definition) is 3. The molecule has 1 saturated carbocycles. The van der Waals surface area contributed by atoms with Crippen LogP contribution in [0, 0.1) is 5.92 Å². The second kappa shape index (κ2) is 5.83. The molecule has 0 radical (unpaired) electrons. The van der Waals surface area contributed by atoms with E-state index in [0.29, 0.717) is 6.04 Å². The van der Waals surface area contributed by atoms with E-state index in [1.807, 2.05) is 4.90 Å². The van der Waals surface area contributed by atoms with Gasteiger partial charge in [-0.2, -0.15) is 0 Å². The van der Waals surface area contributed by atoms with E-state index in [1.165, 1.54) is 12.8 Å². The van der Waals surface area contributed by atoms with Crippen LogP contribution in [0.1, 0.15) is 26.7 Å². The first-order chi connectivity index (χ1) is 8.16. The van der Waals surface area contributed by atoms with E-state index in [9.17, 15) is 4.79 Å². The zero-order valence-electron chi connectivity index (χ0n) is 11.0. The van der Waals surface area contributed by atoms with Gasteiger partial charge in [-0.05, 0) is 32.6 Å². The number of rotatable bonds is 5. The molecule has 0 spiro atoms. The van der Waals surface area contributed by atoms with Gasteiger partial charge in [0, 0.05) is 32.2 Å². The molecule has 17 heavy (non-hydrogen) atoms. The van der Waals surface area contributed by atoms with Crippen molar-refractivity contribution in [3.63, 3.8) is 0 Å². The molecule has 0 atom stereocenters. The molecule has 0 aromatic rings. The van der Waals surface area contributed by atoms with Crippen LogP contribution in [0.25, 0.3) is 0 Å². The SMILES string of the molecule is CC(C)N1CCN(C(=O)COCC2CC2)CC1. The third-order valence-electron chi connectivity index (χ3n) is 3.67. The van der Waals surface area contributed by atoms with Gasteiger partial charge in [-0.15, -0.1) is 0 Å². The Kier molecular flexibility index (Phi) is 4.40. The van der Waals surface area contributed by atoms with Gasteiger partial charge in [-0.25, -0.2) is 0 Å². The van der Waals surface area contributed by atoms with Gasteiger partial charge in [-0.3, -0.25) is 9.69 Å². The first-order valence-electron chi connectivity index (χ1n) is 6.76. The molecule has 0 aromatic carbocycles. The van der Waals surface area contributed by atoms with Crippen molar-refractivity contribution < 1.29 is 9.53 Å². The highest BCUT2D eigenvalue weighted by atomic mass is 16.5. The molecule has 98 valence electrons. The molecule has 4 heteroatoms. The van der Waals surface area contributed by atoms with Crippen molar-refractivity contribution in [1.29, 1.82) is 0 Å². The normalized spacial score (nSPS) is 22.2. The van der Waals surface area contributed by atoms with Crippen molar-refractivity contribution in [2.45, 2.75) is 32.7 Å². The fourth-order valence-electron chi connectivity index (χ4n) is 2.18. The third-order valence-corrected chi connectivity index (χ3v) is 3.67. The van der Waals surface area contributed by atoms with Crippen LogP contribution in [-0.4, -0.2) is 61.1 Å². The molecule has 0 aromatic heterocycles. The number of ether oxygens (including phenoxy) is 1. The van der Waals surface area contributed by atoms with E-state index < -0.39 is 0 Å². The predicted molar refractivity (Wildman–Crippen MR) is 66.8 cm³/mol. The molecule has 2 rings (SSSR count). The van der Waals surface area contributed by atoms with Gasteiger partial charge in [-0.1, -0.05) is 0 Å². The van der Waals surface area contributed by atoms with E-state index in [1.54, 1.807) is 0 Å². The molecule has 1 aliphatic carbocycles. The molecule has 1 heterocycles. The maximum atomic E-state index is 11.9. The van der Waals surface area contributed by atoms with Crippen molar-refractivity contribution in [2.75, 3.05) is 39.4 Å². The molecule has 1 saturated heterocycles. The average molecular weight is 240 g/mol. The minimum Gasteiger partial charge on any atom is -0.371 e. The topological polar surface area (TPSA) is 32.8 Å². The van der Waals surface area contributed by atoms with E-state index >= 15 is 0 Å². The summed E-state index contributed by atoms with van der Waals surface area (Å²) < 4.78 is 5.44. The first kappa shape index (κ1) is 12.8. The second-order valence-electron chi connectivity index (χ2n) is 5.47. The summed E-state index contributed by atoms with van der Waals surface area (Å²) in [5, 5.41) is 0. The van der Waals surface area contributed by atoms with Gasteiger partial charge in [0.25, 0.3) is 0 Å². The Hall–Kier alpha value is -0.610. The highest BCUT2D eigenvalue weighted by Crippen LogP contribution is 2.28. The Labute approximate surface area is 104 Å². The molecular formula is C13H24N2O2. The van der Waals surface area contributed by atoms with E-state index in [4.69, 9.17) is 4.74 Å². The maximum Gasteiger partial charge on any atom is 0.248 e. The zero-order valence-corrected chi connectivity index (χ0v) is 11.0. The van der Waals surface area contributed by atoms with E-state index in [-0.39, 0.29) is 12.5 Å². The highest BCUT2D eigenvalue weighted by Gasteiger charge is 2.24. The number of carbonyl (C=O) groups is 1. The Bertz CT molecular complexity index is 256. The minimum absolute atomic E-state index is 0.161. The van der Waals surface area contributed by atoms with Gasteiger partial charge in [0.05, 0.1) is 6.61 Å². The second-order valence-corrected chi connectivity index (χ2v) is 5.47. The fourth-order valence-corrected chi connectivity index (χ4v) is 2.18. The summed E-state index contributed by atoms with van der Waals surface area (Å²) in [5.74, 6) is 0.898. The molecule has 0 N–H and O–H groups in total. The van der Waals surface area contributed by atoms with Crippen molar-refractivity contribution in [3.05, 3.63) is 0 Å². The quantitative estimate of drug-likeness (QED) is 0.718. The van der Waals surface area contributed by atoms with Gasteiger partial charge >= 0.3 is 0 Å². The summed E-state index contributed by atoms with van der Waals surface area (Å²) in [6, 6.07) is 0.582. The van der Waals surface area contributed by atoms with Crippen LogP contribution in [-0.2, 0) is 9.53 Å². The summed E-state index contributed by atoms with van der Waals surface area (Å²) in [6.45, 7) is 9.15. The van der Waals surface area contributed by atoms with Crippen LogP contribution in [0.3, 0.4) is 0 Å². The Morgan fingerprint density at radius 3 is 2.41 bits per heavy atom. The lowest BCUT2D eigenvalue weighted by atomic mass is 10.2. The molecule has 4 nitrogen and oxygen atoms in total. The largest absolute Gasteiger partial charge is 0.371 e. The Morgan fingerprint density at radius 1 is 1.24 bits per heavy atom. The summed E-state index contributed by atoms with van der Waals surface area (Å²) in [7, 11) is 0. The molecule has 2 aliphatic rings. The van der Waals surface area contributed by atoms with Crippen molar-refractivity contribution in [2.24, 2.45) is 5.92 Å². The number of piperazine rings is 1. The number of amides is 1. The van der Waals surface area contributed by atoms with Gasteiger partial charge < -0.3 is 9.64 Å². The number of hydrogen-bond donors (Lipinski definition) is 0. The average Bonchev–Trinajstić information content (AvgIpc) is 3.13. The maximum absolute atomic E-state index is 11.9. The van der Waals surface area contributed by atoms with Gasteiger partial charge in [0.15, 0.2) is 0 Å². The zero-order chi connectivity index (χ0) is 12.3. The summed E-state index contributed by atoms with van der Waals surface area (Å²) in [6.07, 6.45) is 2.56. The lowest BCUT2D eigenvalue weighted by molar-refractivity contribution is -0.138.